The highest BCUT2D eigenvalue weighted by atomic mass is 35.5. The number of hydrogen-bond donors (Lipinski definition) is 0. The number of nitrogens with zero attached hydrogens (tertiary/aromatic N) is 2. The Kier molecular flexibility index (Phi) is 3.00. The van der Waals surface area contributed by atoms with E-state index in [1.165, 1.54) is 0 Å². The van der Waals surface area contributed by atoms with Crippen LogP contribution in [0.2, 0.25) is 5.02 Å². The molecule has 0 saturated heterocycles. The minimum Gasteiger partial charge on any atom is -0.240 e. The number of hydrogen-bond acceptors (Lipinski definition) is 1. The Balaban J connectivity index is 2.47. The van der Waals surface area contributed by atoms with Crippen molar-refractivity contribution in [2.45, 2.75) is 33.1 Å². The van der Waals surface area contributed by atoms with Gasteiger partial charge in [-0.3, -0.25) is 0 Å². The molecule has 0 saturated carbocycles. The lowest BCUT2D eigenvalue weighted by molar-refractivity contribution is 0.560. The number of aromatic nitrogens is 2. The van der Waals surface area contributed by atoms with Crippen LogP contribution >= 0.6 is 11.6 Å². The summed E-state index contributed by atoms with van der Waals surface area (Å²) < 4.78 is 1.89. The van der Waals surface area contributed by atoms with Crippen LogP contribution in [-0.4, -0.2) is 9.78 Å². The highest BCUT2D eigenvalue weighted by Crippen LogP contribution is 2.23. The highest BCUT2D eigenvalue weighted by Gasteiger charge is 2.17. The van der Waals surface area contributed by atoms with Crippen molar-refractivity contribution >= 4 is 11.6 Å². The van der Waals surface area contributed by atoms with E-state index in [0.717, 1.165) is 22.0 Å². The van der Waals surface area contributed by atoms with Gasteiger partial charge in [-0.1, -0.05) is 38.4 Å². The third-order valence-electron chi connectivity index (χ3n) is 2.78. The van der Waals surface area contributed by atoms with Gasteiger partial charge in [0, 0.05) is 16.6 Å². The molecule has 0 bridgehead atoms. The summed E-state index contributed by atoms with van der Waals surface area (Å²) in [6.45, 7) is 8.53. The van der Waals surface area contributed by atoms with Crippen molar-refractivity contribution in [3.63, 3.8) is 0 Å². The second kappa shape index (κ2) is 4.19. The van der Waals surface area contributed by atoms with Gasteiger partial charge >= 0.3 is 0 Å². The van der Waals surface area contributed by atoms with E-state index in [4.69, 9.17) is 11.6 Å². The first-order valence-electron chi connectivity index (χ1n) is 5.70. The largest absolute Gasteiger partial charge is 0.240 e. The zero-order valence-electron chi connectivity index (χ0n) is 10.7. The van der Waals surface area contributed by atoms with E-state index in [9.17, 15) is 0 Å². The van der Waals surface area contributed by atoms with E-state index in [0.29, 0.717) is 0 Å². The van der Waals surface area contributed by atoms with E-state index < -0.39 is 0 Å². The molecule has 90 valence electrons. The molecular formula is C14H17ClN2. The topological polar surface area (TPSA) is 17.8 Å². The molecule has 0 aliphatic carbocycles. The first-order valence-corrected chi connectivity index (χ1v) is 6.08. The zero-order valence-corrected chi connectivity index (χ0v) is 11.4. The van der Waals surface area contributed by atoms with Crippen molar-refractivity contribution in [3.8, 4) is 5.69 Å². The predicted octanol–water partition coefficient (Wildman–Crippen LogP) is 4.13. The fourth-order valence-corrected chi connectivity index (χ4v) is 1.85. The maximum Gasteiger partial charge on any atom is 0.0689 e. The fraction of sp³-hybridized carbons (Fsp3) is 0.357. The number of rotatable bonds is 1. The standard InChI is InChI=1S/C14H17ClN2/c1-10-5-6-11(15)9-12(10)17-8-7-13(16-17)14(2,3)4/h5-9H,1-4H3. The predicted molar refractivity (Wildman–Crippen MR) is 72.0 cm³/mol. The van der Waals surface area contributed by atoms with E-state index in [2.05, 4.69) is 38.9 Å². The molecule has 2 nitrogen and oxygen atoms in total. The summed E-state index contributed by atoms with van der Waals surface area (Å²) in [7, 11) is 0. The molecule has 0 spiro atoms. The Bertz CT molecular complexity index is 535. The lowest BCUT2D eigenvalue weighted by Crippen LogP contribution is -2.12. The van der Waals surface area contributed by atoms with Crippen LogP contribution in [0.5, 0.6) is 0 Å². The molecule has 1 aromatic carbocycles. The van der Waals surface area contributed by atoms with Crippen molar-refractivity contribution in [3.05, 3.63) is 46.7 Å². The van der Waals surface area contributed by atoms with E-state index in [1.54, 1.807) is 0 Å². The van der Waals surface area contributed by atoms with Crippen molar-refractivity contribution in [2.75, 3.05) is 0 Å². The SMILES string of the molecule is Cc1ccc(Cl)cc1-n1ccc(C(C)(C)C)n1. The molecule has 1 aromatic heterocycles. The van der Waals surface area contributed by atoms with Gasteiger partial charge in [-0.15, -0.1) is 0 Å². The van der Waals surface area contributed by atoms with E-state index >= 15 is 0 Å². The smallest absolute Gasteiger partial charge is 0.0689 e. The normalized spacial score (nSPS) is 11.8. The zero-order chi connectivity index (χ0) is 12.6. The summed E-state index contributed by atoms with van der Waals surface area (Å²) in [6.07, 6.45) is 1.99. The summed E-state index contributed by atoms with van der Waals surface area (Å²) >= 11 is 6.02. The third kappa shape index (κ3) is 2.52. The first-order chi connectivity index (χ1) is 7.88. The van der Waals surface area contributed by atoms with Crippen LogP contribution in [0.25, 0.3) is 5.69 Å². The molecule has 17 heavy (non-hydrogen) atoms. The second-order valence-corrected chi connectivity index (χ2v) is 5.76. The van der Waals surface area contributed by atoms with Crippen molar-refractivity contribution in [1.29, 1.82) is 0 Å². The lowest BCUT2D eigenvalue weighted by atomic mass is 9.93. The number of halogens is 1. The second-order valence-electron chi connectivity index (χ2n) is 5.33. The van der Waals surface area contributed by atoms with Crippen molar-refractivity contribution in [1.82, 2.24) is 9.78 Å². The molecule has 2 rings (SSSR count). The Labute approximate surface area is 107 Å². The molecule has 0 N–H and O–H groups in total. The average Bonchev–Trinajstić information content (AvgIpc) is 2.70. The van der Waals surface area contributed by atoms with Crippen LogP contribution in [0.4, 0.5) is 0 Å². The summed E-state index contributed by atoms with van der Waals surface area (Å²) in [5.41, 5.74) is 3.35. The Morgan fingerprint density at radius 2 is 1.88 bits per heavy atom. The van der Waals surface area contributed by atoms with Crippen LogP contribution in [0.1, 0.15) is 32.0 Å². The quantitative estimate of drug-likeness (QED) is 0.742. The first kappa shape index (κ1) is 12.2. The molecule has 0 unspecified atom stereocenters. The average molecular weight is 249 g/mol. The van der Waals surface area contributed by atoms with Crippen molar-refractivity contribution in [2.24, 2.45) is 0 Å². The number of benzene rings is 1. The Hall–Kier alpha value is -1.28. The van der Waals surface area contributed by atoms with Gasteiger partial charge in [0.1, 0.15) is 0 Å². The van der Waals surface area contributed by atoms with E-state index in [1.807, 2.05) is 29.1 Å². The summed E-state index contributed by atoms with van der Waals surface area (Å²) in [5.74, 6) is 0. The molecule has 0 fully saturated rings. The lowest BCUT2D eigenvalue weighted by Gasteiger charge is -2.14. The summed E-state index contributed by atoms with van der Waals surface area (Å²) in [4.78, 5) is 0. The van der Waals surface area contributed by atoms with Gasteiger partial charge in [-0.05, 0) is 30.7 Å². The van der Waals surface area contributed by atoms with Crippen LogP contribution in [0, 0.1) is 6.92 Å². The molecule has 0 aliphatic heterocycles. The molecule has 3 heteroatoms. The summed E-state index contributed by atoms with van der Waals surface area (Å²) in [6, 6.07) is 7.90. The maximum atomic E-state index is 6.02. The maximum absolute atomic E-state index is 6.02. The summed E-state index contributed by atoms with van der Waals surface area (Å²) in [5, 5.41) is 5.35. The van der Waals surface area contributed by atoms with Crippen LogP contribution in [-0.2, 0) is 5.41 Å². The van der Waals surface area contributed by atoms with Gasteiger partial charge < -0.3 is 0 Å². The monoisotopic (exact) mass is 248 g/mol. The van der Waals surface area contributed by atoms with Gasteiger partial charge in [0.15, 0.2) is 0 Å². The van der Waals surface area contributed by atoms with Gasteiger partial charge in [0.05, 0.1) is 11.4 Å². The number of aryl methyl sites for hydroxylation is 1. The van der Waals surface area contributed by atoms with Gasteiger partial charge in [0.2, 0.25) is 0 Å². The van der Waals surface area contributed by atoms with Gasteiger partial charge in [-0.25, -0.2) is 4.68 Å². The highest BCUT2D eigenvalue weighted by molar-refractivity contribution is 6.30. The molecular weight excluding hydrogens is 232 g/mol. The molecule has 0 radical (unpaired) electrons. The Morgan fingerprint density at radius 1 is 1.18 bits per heavy atom. The van der Waals surface area contributed by atoms with Crippen LogP contribution in [0.15, 0.2) is 30.5 Å². The van der Waals surface area contributed by atoms with Crippen LogP contribution in [0.3, 0.4) is 0 Å². The third-order valence-corrected chi connectivity index (χ3v) is 3.01. The molecule has 2 aromatic rings. The fourth-order valence-electron chi connectivity index (χ4n) is 1.69. The molecule has 0 aliphatic rings. The molecule has 0 amide bonds. The minimum absolute atomic E-state index is 0.0672. The van der Waals surface area contributed by atoms with Crippen molar-refractivity contribution < 1.29 is 0 Å². The van der Waals surface area contributed by atoms with Gasteiger partial charge in [-0.2, -0.15) is 5.10 Å². The Morgan fingerprint density at radius 3 is 2.47 bits per heavy atom. The van der Waals surface area contributed by atoms with Gasteiger partial charge in [0.25, 0.3) is 0 Å². The van der Waals surface area contributed by atoms with Crippen LogP contribution < -0.4 is 0 Å². The minimum atomic E-state index is 0.0672. The van der Waals surface area contributed by atoms with E-state index in [-0.39, 0.29) is 5.41 Å². The molecule has 0 atom stereocenters. The molecule has 1 heterocycles.